The molecule has 0 spiro atoms. The van der Waals surface area contributed by atoms with E-state index in [1.54, 1.807) is 42.5 Å². The summed E-state index contributed by atoms with van der Waals surface area (Å²) in [6.07, 6.45) is 0.523. The minimum Gasteiger partial charge on any atom is -0.493 e. The van der Waals surface area contributed by atoms with Crippen LogP contribution >= 0.6 is 0 Å². The number of hydrogen-bond acceptors (Lipinski definition) is 4. The fourth-order valence-electron chi connectivity index (χ4n) is 3.31. The van der Waals surface area contributed by atoms with Crippen molar-refractivity contribution in [3.05, 3.63) is 76.1 Å². The fraction of sp³-hybridized carbons (Fsp3) is 0.190. The number of hydrogen-bond donors (Lipinski definition) is 1. The molecule has 1 aromatic heterocycles. The van der Waals surface area contributed by atoms with Gasteiger partial charge in [-0.05, 0) is 43.3 Å². The van der Waals surface area contributed by atoms with Crippen molar-refractivity contribution in [3.63, 3.8) is 0 Å². The molecule has 0 fully saturated rings. The van der Waals surface area contributed by atoms with Crippen LogP contribution in [-0.4, -0.2) is 34.3 Å². The number of aromatic amines is 1. The number of carbonyl (C=O) groups is 2. The van der Waals surface area contributed by atoms with Gasteiger partial charge in [-0.15, -0.1) is 0 Å². The van der Waals surface area contributed by atoms with Gasteiger partial charge in [-0.2, -0.15) is 0 Å². The Morgan fingerprint density at radius 2 is 1.67 bits per heavy atom. The standard InChI is InChI=1S/C21H18N2O4/c1-13(23-20(25)16-4-2-3-5-17(16)21(23)26)10-11-27-15-7-8-18-14(12-15)6-9-19(24)22-18/h2-9,12-13H,10-11H2,1H3,(H,22,24). The van der Waals surface area contributed by atoms with Crippen LogP contribution in [0, 0.1) is 0 Å². The van der Waals surface area contributed by atoms with E-state index in [-0.39, 0.29) is 23.4 Å². The number of H-pyrrole nitrogens is 1. The molecule has 1 aliphatic rings. The molecule has 0 saturated heterocycles. The number of nitrogens with zero attached hydrogens (tertiary/aromatic N) is 1. The van der Waals surface area contributed by atoms with E-state index in [4.69, 9.17) is 4.74 Å². The third kappa shape index (κ3) is 3.10. The van der Waals surface area contributed by atoms with Crippen LogP contribution in [0.15, 0.2) is 59.4 Å². The summed E-state index contributed by atoms with van der Waals surface area (Å²) in [4.78, 5) is 40.4. The van der Waals surface area contributed by atoms with Gasteiger partial charge in [0.25, 0.3) is 11.8 Å². The average molecular weight is 362 g/mol. The molecular formula is C21H18N2O4. The Hall–Kier alpha value is -3.41. The van der Waals surface area contributed by atoms with Crippen molar-refractivity contribution < 1.29 is 14.3 Å². The highest BCUT2D eigenvalue weighted by atomic mass is 16.5. The number of nitrogens with one attached hydrogen (secondary N) is 1. The molecule has 0 aliphatic carbocycles. The zero-order chi connectivity index (χ0) is 19.0. The highest BCUT2D eigenvalue weighted by Crippen LogP contribution is 2.25. The molecule has 27 heavy (non-hydrogen) atoms. The quantitative estimate of drug-likeness (QED) is 0.708. The number of pyridine rings is 1. The van der Waals surface area contributed by atoms with Crippen LogP contribution in [0.5, 0.6) is 5.75 Å². The average Bonchev–Trinajstić information content (AvgIpc) is 2.93. The van der Waals surface area contributed by atoms with Gasteiger partial charge in [0.1, 0.15) is 5.75 Å². The van der Waals surface area contributed by atoms with E-state index in [1.807, 2.05) is 13.0 Å². The summed E-state index contributed by atoms with van der Waals surface area (Å²) in [6.45, 7) is 2.21. The highest BCUT2D eigenvalue weighted by molar-refractivity contribution is 6.21. The van der Waals surface area contributed by atoms with Gasteiger partial charge in [-0.3, -0.25) is 19.3 Å². The van der Waals surface area contributed by atoms with E-state index in [0.717, 1.165) is 10.9 Å². The minimum atomic E-state index is -0.269. The molecule has 1 atom stereocenters. The van der Waals surface area contributed by atoms with Crippen LogP contribution in [0.3, 0.4) is 0 Å². The van der Waals surface area contributed by atoms with Crippen molar-refractivity contribution in [3.8, 4) is 5.75 Å². The van der Waals surface area contributed by atoms with Gasteiger partial charge in [-0.1, -0.05) is 12.1 Å². The number of amides is 2. The number of carbonyl (C=O) groups excluding carboxylic acids is 2. The lowest BCUT2D eigenvalue weighted by Gasteiger charge is -2.22. The molecule has 3 aromatic rings. The maximum atomic E-state index is 12.5. The molecule has 2 heterocycles. The lowest BCUT2D eigenvalue weighted by Crippen LogP contribution is -2.38. The molecule has 0 bridgehead atoms. The minimum absolute atomic E-state index is 0.147. The molecule has 0 saturated carbocycles. The topological polar surface area (TPSA) is 79.5 Å². The second-order valence-corrected chi connectivity index (χ2v) is 6.58. The normalized spacial score (nSPS) is 14.5. The van der Waals surface area contributed by atoms with E-state index in [0.29, 0.717) is 29.9 Å². The zero-order valence-electron chi connectivity index (χ0n) is 14.8. The van der Waals surface area contributed by atoms with Gasteiger partial charge in [0.2, 0.25) is 5.56 Å². The number of benzene rings is 2. The van der Waals surface area contributed by atoms with Crippen molar-refractivity contribution in [1.29, 1.82) is 0 Å². The molecule has 1 unspecified atom stereocenters. The van der Waals surface area contributed by atoms with Crippen LogP contribution in [0.25, 0.3) is 10.9 Å². The molecule has 6 heteroatoms. The number of fused-ring (bicyclic) bond motifs is 2. The first-order valence-electron chi connectivity index (χ1n) is 8.77. The van der Waals surface area contributed by atoms with E-state index < -0.39 is 0 Å². The lowest BCUT2D eigenvalue weighted by atomic mass is 10.1. The smallest absolute Gasteiger partial charge is 0.261 e. The molecule has 4 rings (SSSR count). The molecule has 6 nitrogen and oxygen atoms in total. The molecular weight excluding hydrogens is 344 g/mol. The van der Waals surface area contributed by atoms with Gasteiger partial charge in [0.05, 0.1) is 17.7 Å². The van der Waals surface area contributed by atoms with E-state index in [2.05, 4.69) is 4.98 Å². The third-order valence-electron chi connectivity index (χ3n) is 4.77. The predicted octanol–water partition coefficient (Wildman–Crippen LogP) is 2.98. The van der Waals surface area contributed by atoms with Crippen LogP contribution in [0.1, 0.15) is 34.1 Å². The Labute approximate surface area is 155 Å². The van der Waals surface area contributed by atoms with Crippen LogP contribution in [0.2, 0.25) is 0 Å². The first kappa shape index (κ1) is 17.0. The number of imide groups is 1. The molecule has 1 N–H and O–H groups in total. The van der Waals surface area contributed by atoms with Gasteiger partial charge < -0.3 is 9.72 Å². The number of rotatable bonds is 5. The first-order valence-corrected chi connectivity index (χ1v) is 8.77. The van der Waals surface area contributed by atoms with E-state index in [1.165, 1.54) is 11.0 Å². The van der Waals surface area contributed by atoms with Crippen molar-refractivity contribution in [2.75, 3.05) is 6.61 Å². The predicted molar refractivity (Wildman–Crippen MR) is 101 cm³/mol. The molecule has 1 aliphatic heterocycles. The Morgan fingerprint density at radius 1 is 0.963 bits per heavy atom. The Balaban J connectivity index is 1.41. The maximum absolute atomic E-state index is 12.5. The van der Waals surface area contributed by atoms with Gasteiger partial charge in [0.15, 0.2) is 0 Å². The number of ether oxygens (including phenoxy) is 1. The first-order chi connectivity index (χ1) is 13.0. The summed E-state index contributed by atoms with van der Waals surface area (Å²) in [5, 5.41) is 0.875. The second-order valence-electron chi connectivity index (χ2n) is 6.58. The largest absolute Gasteiger partial charge is 0.493 e. The summed E-state index contributed by atoms with van der Waals surface area (Å²) in [5.41, 5.74) is 1.51. The van der Waals surface area contributed by atoms with Crippen LogP contribution in [0.4, 0.5) is 0 Å². The maximum Gasteiger partial charge on any atom is 0.261 e. The lowest BCUT2D eigenvalue weighted by molar-refractivity contribution is 0.0579. The van der Waals surface area contributed by atoms with E-state index in [9.17, 15) is 14.4 Å². The Kier molecular flexibility index (Phi) is 4.24. The highest BCUT2D eigenvalue weighted by Gasteiger charge is 2.37. The molecule has 0 radical (unpaired) electrons. The van der Waals surface area contributed by atoms with Crippen molar-refractivity contribution in [2.45, 2.75) is 19.4 Å². The van der Waals surface area contributed by atoms with Gasteiger partial charge in [0, 0.05) is 29.4 Å². The molecule has 136 valence electrons. The summed E-state index contributed by atoms with van der Waals surface area (Å²) in [5.74, 6) is 0.166. The monoisotopic (exact) mass is 362 g/mol. The molecule has 2 amide bonds. The summed E-state index contributed by atoms with van der Waals surface area (Å²) < 4.78 is 5.78. The SMILES string of the molecule is CC(CCOc1ccc2[nH]c(=O)ccc2c1)N1C(=O)c2ccccc2C1=O. The van der Waals surface area contributed by atoms with Crippen LogP contribution in [-0.2, 0) is 0 Å². The van der Waals surface area contributed by atoms with Crippen LogP contribution < -0.4 is 10.3 Å². The summed E-state index contributed by atoms with van der Waals surface area (Å²) >= 11 is 0. The van der Waals surface area contributed by atoms with E-state index >= 15 is 0 Å². The zero-order valence-corrected chi connectivity index (χ0v) is 14.8. The van der Waals surface area contributed by atoms with Crippen molar-refractivity contribution in [1.82, 2.24) is 9.88 Å². The van der Waals surface area contributed by atoms with Crippen molar-refractivity contribution >= 4 is 22.7 Å². The number of aromatic nitrogens is 1. The summed E-state index contributed by atoms with van der Waals surface area (Å²) in [7, 11) is 0. The Morgan fingerprint density at radius 3 is 2.37 bits per heavy atom. The fourth-order valence-corrected chi connectivity index (χ4v) is 3.31. The molecule has 2 aromatic carbocycles. The Bertz CT molecular complexity index is 1070. The van der Waals surface area contributed by atoms with Crippen molar-refractivity contribution in [2.24, 2.45) is 0 Å². The third-order valence-corrected chi connectivity index (χ3v) is 4.77. The second kappa shape index (κ2) is 6.72. The van der Waals surface area contributed by atoms with Gasteiger partial charge >= 0.3 is 0 Å². The summed E-state index contributed by atoms with van der Waals surface area (Å²) in [6, 6.07) is 15.2. The van der Waals surface area contributed by atoms with Gasteiger partial charge in [-0.25, -0.2) is 0 Å².